The van der Waals surface area contributed by atoms with Crippen LogP contribution in [0.5, 0.6) is 0 Å². The highest BCUT2D eigenvalue weighted by molar-refractivity contribution is 6.34. The molecule has 0 aromatic heterocycles. The lowest BCUT2D eigenvalue weighted by Crippen LogP contribution is -2.29. The zero-order chi connectivity index (χ0) is 11.3. The predicted octanol–water partition coefficient (Wildman–Crippen LogP) is 1.14. The fourth-order valence-electron chi connectivity index (χ4n) is 1.64. The van der Waals surface area contributed by atoms with Gasteiger partial charge in [0.05, 0.1) is 0 Å². The van der Waals surface area contributed by atoms with E-state index < -0.39 is 5.97 Å². The average Bonchev–Trinajstić information content (AvgIpc) is 2.26. The first-order chi connectivity index (χ1) is 7.11. The van der Waals surface area contributed by atoms with Crippen LogP contribution < -0.4 is 5.43 Å². The molecule has 5 nitrogen and oxygen atoms in total. The molecule has 1 saturated carbocycles. The van der Waals surface area contributed by atoms with Gasteiger partial charge in [0.25, 0.3) is 0 Å². The zero-order valence-corrected chi connectivity index (χ0v) is 8.82. The van der Waals surface area contributed by atoms with Gasteiger partial charge in [-0.25, -0.2) is 10.2 Å². The smallest absolute Gasteiger partial charge is 0.351 e. The summed E-state index contributed by atoms with van der Waals surface area (Å²) in [5.41, 5.74) is 2.20. The Morgan fingerprint density at radius 3 is 2.40 bits per heavy atom. The van der Waals surface area contributed by atoms with Crippen LogP contribution in [0.15, 0.2) is 5.10 Å². The molecule has 1 rings (SSSR count). The highest BCUT2D eigenvalue weighted by Crippen LogP contribution is 2.23. The Hall–Kier alpha value is -1.39. The van der Waals surface area contributed by atoms with Gasteiger partial charge in [-0.15, -0.1) is 0 Å². The summed E-state index contributed by atoms with van der Waals surface area (Å²) in [4.78, 5) is 21.9. The molecule has 84 valence electrons. The quantitative estimate of drug-likeness (QED) is 0.544. The first-order valence-corrected chi connectivity index (χ1v) is 5.18. The molecule has 2 N–H and O–H groups in total. The number of nitrogens with one attached hydrogen (secondary N) is 1. The van der Waals surface area contributed by atoms with Crippen LogP contribution in [-0.2, 0) is 9.59 Å². The third kappa shape index (κ3) is 3.69. The number of carboxylic acids is 1. The standard InChI is InChI=1S/C10H16N2O3/c1-7(10(14)15)11-12-9(13)8-5-3-2-4-6-8/h8H,2-6H2,1H3,(H,12,13)(H,14,15)/b11-7-. The van der Waals surface area contributed by atoms with Gasteiger partial charge in [-0.05, 0) is 19.8 Å². The molecule has 1 aliphatic rings. The Morgan fingerprint density at radius 1 is 1.27 bits per heavy atom. The van der Waals surface area contributed by atoms with E-state index in [1.165, 1.54) is 13.3 Å². The number of rotatable bonds is 3. The number of hydrazone groups is 1. The highest BCUT2D eigenvalue weighted by atomic mass is 16.4. The molecule has 0 unspecified atom stereocenters. The van der Waals surface area contributed by atoms with Gasteiger partial charge in [-0.2, -0.15) is 5.10 Å². The van der Waals surface area contributed by atoms with Crippen LogP contribution in [0, 0.1) is 5.92 Å². The van der Waals surface area contributed by atoms with Gasteiger partial charge in [0.15, 0.2) is 0 Å². The topological polar surface area (TPSA) is 78.8 Å². The van der Waals surface area contributed by atoms with Crippen LogP contribution in [0.1, 0.15) is 39.0 Å². The predicted molar refractivity (Wildman–Crippen MR) is 55.5 cm³/mol. The monoisotopic (exact) mass is 212 g/mol. The van der Waals surface area contributed by atoms with Crippen LogP contribution in [-0.4, -0.2) is 22.7 Å². The van der Waals surface area contributed by atoms with E-state index in [-0.39, 0.29) is 17.5 Å². The second-order valence-electron chi connectivity index (χ2n) is 3.81. The molecule has 5 heteroatoms. The SMILES string of the molecule is C/C(=N/NC(=O)C1CCCCC1)C(=O)O. The summed E-state index contributed by atoms with van der Waals surface area (Å²) < 4.78 is 0. The van der Waals surface area contributed by atoms with E-state index in [4.69, 9.17) is 5.11 Å². The van der Waals surface area contributed by atoms with E-state index in [2.05, 4.69) is 10.5 Å². The maximum absolute atomic E-state index is 11.5. The van der Waals surface area contributed by atoms with Gasteiger partial charge >= 0.3 is 5.97 Å². The number of carboxylic acid groups (broad SMARTS) is 1. The number of nitrogens with zero attached hydrogens (tertiary/aromatic N) is 1. The first kappa shape index (κ1) is 11.7. The Morgan fingerprint density at radius 2 is 1.87 bits per heavy atom. The van der Waals surface area contributed by atoms with Crippen molar-refractivity contribution in [3.05, 3.63) is 0 Å². The van der Waals surface area contributed by atoms with Crippen molar-refractivity contribution in [2.75, 3.05) is 0 Å². The van der Waals surface area contributed by atoms with Gasteiger partial charge in [0.2, 0.25) is 5.91 Å². The molecule has 1 fully saturated rings. The minimum Gasteiger partial charge on any atom is -0.477 e. The largest absolute Gasteiger partial charge is 0.477 e. The summed E-state index contributed by atoms with van der Waals surface area (Å²) in [7, 11) is 0. The summed E-state index contributed by atoms with van der Waals surface area (Å²) in [5.74, 6) is -1.27. The molecule has 0 bridgehead atoms. The van der Waals surface area contributed by atoms with E-state index in [9.17, 15) is 9.59 Å². The van der Waals surface area contributed by atoms with Crippen LogP contribution in [0.3, 0.4) is 0 Å². The zero-order valence-electron chi connectivity index (χ0n) is 8.82. The van der Waals surface area contributed by atoms with Gasteiger partial charge in [0, 0.05) is 5.92 Å². The molecule has 0 heterocycles. The van der Waals surface area contributed by atoms with Crippen molar-refractivity contribution in [2.24, 2.45) is 11.0 Å². The van der Waals surface area contributed by atoms with E-state index in [0.29, 0.717) is 0 Å². The van der Waals surface area contributed by atoms with Crippen molar-refractivity contribution < 1.29 is 14.7 Å². The molecule has 1 amide bonds. The molecule has 0 aromatic rings. The number of hydrogen-bond donors (Lipinski definition) is 2. The van der Waals surface area contributed by atoms with Crippen LogP contribution >= 0.6 is 0 Å². The molecule has 0 aromatic carbocycles. The maximum Gasteiger partial charge on any atom is 0.351 e. The lowest BCUT2D eigenvalue weighted by Gasteiger charge is -2.19. The molecule has 0 saturated heterocycles. The lowest BCUT2D eigenvalue weighted by molar-refractivity contribution is -0.129. The third-order valence-corrected chi connectivity index (χ3v) is 2.62. The number of aliphatic carboxylic acids is 1. The van der Waals surface area contributed by atoms with E-state index in [1.54, 1.807) is 0 Å². The van der Waals surface area contributed by atoms with E-state index in [1.807, 2.05) is 0 Å². The fraction of sp³-hybridized carbons (Fsp3) is 0.700. The first-order valence-electron chi connectivity index (χ1n) is 5.18. The second kappa shape index (κ2) is 5.48. The number of hydrogen-bond acceptors (Lipinski definition) is 3. The lowest BCUT2D eigenvalue weighted by atomic mass is 9.89. The Kier molecular flexibility index (Phi) is 4.27. The van der Waals surface area contributed by atoms with Gasteiger partial charge < -0.3 is 5.11 Å². The normalized spacial score (nSPS) is 18.6. The Bertz CT molecular complexity index is 280. The van der Waals surface area contributed by atoms with E-state index >= 15 is 0 Å². The molecule has 0 spiro atoms. The average molecular weight is 212 g/mol. The Labute approximate surface area is 88.6 Å². The van der Waals surface area contributed by atoms with Crippen LogP contribution in [0.4, 0.5) is 0 Å². The van der Waals surface area contributed by atoms with Gasteiger partial charge in [-0.1, -0.05) is 19.3 Å². The Balaban J connectivity index is 2.41. The minimum atomic E-state index is -1.11. The highest BCUT2D eigenvalue weighted by Gasteiger charge is 2.20. The van der Waals surface area contributed by atoms with Crippen LogP contribution in [0.2, 0.25) is 0 Å². The minimum absolute atomic E-state index is 0.00379. The van der Waals surface area contributed by atoms with E-state index in [0.717, 1.165) is 25.7 Å². The number of amides is 1. The summed E-state index contributed by atoms with van der Waals surface area (Å²) in [6, 6.07) is 0. The number of carbonyl (C=O) groups is 2. The summed E-state index contributed by atoms with van der Waals surface area (Å²) in [5, 5.41) is 12.0. The molecule has 0 aliphatic heterocycles. The van der Waals surface area contributed by atoms with Crippen molar-refractivity contribution in [3.8, 4) is 0 Å². The van der Waals surface area contributed by atoms with Crippen molar-refractivity contribution >= 4 is 17.6 Å². The van der Waals surface area contributed by atoms with Crippen LogP contribution in [0.25, 0.3) is 0 Å². The maximum atomic E-state index is 11.5. The van der Waals surface area contributed by atoms with Crippen molar-refractivity contribution in [1.82, 2.24) is 5.43 Å². The molecule has 1 aliphatic carbocycles. The van der Waals surface area contributed by atoms with Gasteiger partial charge in [-0.3, -0.25) is 4.79 Å². The summed E-state index contributed by atoms with van der Waals surface area (Å²) in [6.07, 6.45) is 5.08. The third-order valence-electron chi connectivity index (χ3n) is 2.62. The summed E-state index contributed by atoms with van der Waals surface area (Å²) in [6.45, 7) is 1.35. The fourth-order valence-corrected chi connectivity index (χ4v) is 1.64. The van der Waals surface area contributed by atoms with Crippen molar-refractivity contribution in [1.29, 1.82) is 0 Å². The molecular weight excluding hydrogens is 196 g/mol. The van der Waals surface area contributed by atoms with Crippen molar-refractivity contribution in [2.45, 2.75) is 39.0 Å². The molecule has 0 radical (unpaired) electrons. The second-order valence-corrected chi connectivity index (χ2v) is 3.81. The van der Waals surface area contributed by atoms with Crippen molar-refractivity contribution in [3.63, 3.8) is 0 Å². The number of carbonyl (C=O) groups excluding carboxylic acids is 1. The summed E-state index contributed by atoms with van der Waals surface area (Å²) >= 11 is 0. The molecule has 0 atom stereocenters. The van der Waals surface area contributed by atoms with Gasteiger partial charge in [0.1, 0.15) is 5.71 Å². The molecular formula is C10H16N2O3. The molecule has 15 heavy (non-hydrogen) atoms.